The minimum absolute atomic E-state index is 0.542. The second kappa shape index (κ2) is 12.5. The van der Waals surface area contributed by atoms with Crippen LogP contribution >= 0.6 is 0 Å². The number of benzene rings is 2. The molecule has 0 saturated carbocycles. The molecule has 0 unspecified atom stereocenters. The first-order valence-corrected chi connectivity index (χ1v) is 9.21. The minimum atomic E-state index is -1.82. The Bertz CT molecular complexity index is 719. The number of aliphatic carboxylic acids is 2. The monoisotopic (exact) mass is 387 g/mol. The maximum Gasteiger partial charge on any atom is 0.414 e. The Labute approximate surface area is 166 Å². The Hall–Kier alpha value is -2.86. The zero-order chi connectivity index (χ0) is 20.9. The van der Waals surface area contributed by atoms with E-state index in [0.717, 1.165) is 31.9 Å². The van der Waals surface area contributed by atoms with E-state index in [1.807, 2.05) is 6.07 Å². The summed E-state index contributed by atoms with van der Waals surface area (Å²) in [6, 6.07) is 19.0. The lowest BCUT2D eigenvalue weighted by atomic mass is 10.0. The first-order valence-electron chi connectivity index (χ1n) is 9.21. The Morgan fingerprint density at radius 3 is 2.21 bits per heavy atom. The molecule has 0 fully saturated rings. The molecule has 0 heterocycles. The molecule has 0 aliphatic rings. The lowest BCUT2D eigenvalue weighted by molar-refractivity contribution is -0.159. The number of carbonyl (C=O) groups is 2. The van der Waals surface area contributed by atoms with Crippen LogP contribution < -0.4 is 4.74 Å². The molecule has 2 aromatic carbocycles. The molecule has 0 aromatic heterocycles. The molecule has 0 amide bonds. The standard InChI is InChI=1S/C20H27NO.C2H2O4/c1-17(2)19-11-7-12-20(15-19)22-14-8-13-21(3)16-18-9-5-4-6-10-18;3-1(4)2(5)6/h4-7,9-12,15,17H,8,13-14,16H2,1-3H3;(H,3,4)(H,5,6). The van der Waals surface area contributed by atoms with Gasteiger partial charge in [0, 0.05) is 13.1 Å². The van der Waals surface area contributed by atoms with E-state index in [2.05, 4.69) is 74.3 Å². The Kier molecular flexibility index (Phi) is 10.4. The summed E-state index contributed by atoms with van der Waals surface area (Å²) in [7, 11) is 2.16. The molecule has 0 aliphatic heterocycles. The van der Waals surface area contributed by atoms with E-state index >= 15 is 0 Å². The Morgan fingerprint density at radius 2 is 1.64 bits per heavy atom. The largest absolute Gasteiger partial charge is 0.494 e. The van der Waals surface area contributed by atoms with Crippen molar-refractivity contribution >= 4 is 11.9 Å². The third-order valence-corrected chi connectivity index (χ3v) is 3.96. The van der Waals surface area contributed by atoms with Crippen molar-refractivity contribution < 1.29 is 24.5 Å². The fourth-order valence-corrected chi connectivity index (χ4v) is 2.46. The van der Waals surface area contributed by atoms with Crippen LogP contribution in [0.25, 0.3) is 0 Å². The molecule has 28 heavy (non-hydrogen) atoms. The summed E-state index contributed by atoms with van der Waals surface area (Å²) in [5.41, 5.74) is 2.69. The predicted molar refractivity (Wildman–Crippen MR) is 109 cm³/mol. The molecular weight excluding hydrogens is 358 g/mol. The third kappa shape index (κ3) is 9.73. The van der Waals surface area contributed by atoms with Crippen molar-refractivity contribution in [1.29, 1.82) is 0 Å². The number of hydrogen-bond donors (Lipinski definition) is 2. The summed E-state index contributed by atoms with van der Waals surface area (Å²) >= 11 is 0. The minimum Gasteiger partial charge on any atom is -0.494 e. The van der Waals surface area contributed by atoms with Gasteiger partial charge in [0.2, 0.25) is 0 Å². The number of rotatable bonds is 8. The number of hydrogen-bond acceptors (Lipinski definition) is 4. The van der Waals surface area contributed by atoms with Crippen molar-refractivity contribution in [3.05, 3.63) is 65.7 Å². The van der Waals surface area contributed by atoms with Crippen LogP contribution in [0.5, 0.6) is 5.75 Å². The van der Waals surface area contributed by atoms with E-state index in [-0.39, 0.29) is 0 Å². The second-order valence-electron chi connectivity index (χ2n) is 6.76. The van der Waals surface area contributed by atoms with Crippen LogP contribution in [0, 0.1) is 0 Å². The van der Waals surface area contributed by atoms with Gasteiger partial charge >= 0.3 is 11.9 Å². The fraction of sp³-hybridized carbons (Fsp3) is 0.364. The van der Waals surface area contributed by atoms with Crippen molar-refractivity contribution in [2.24, 2.45) is 0 Å². The Morgan fingerprint density at radius 1 is 1.00 bits per heavy atom. The van der Waals surface area contributed by atoms with Gasteiger partial charge in [0.1, 0.15) is 5.75 Å². The highest BCUT2D eigenvalue weighted by atomic mass is 16.5. The lowest BCUT2D eigenvalue weighted by Crippen LogP contribution is -2.20. The molecule has 6 nitrogen and oxygen atoms in total. The zero-order valence-corrected chi connectivity index (χ0v) is 16.7. The van der Waals surface area contributed by atoms with Gasteiger partial charge < -0.3 is 19.8 Å². The number of ether oxygens (including phenoxy) is 1. The van der Waals surface area contributed by atoms with Crippen LogP contribution in [-0.2, 0) is 16.1 Å². The average molecular weight is 387 g/mol. The smallest absolute Gasteiger partial charge is 0.414 e. The van der Waals surface area contributed by atoms with Gasteiger partial charge in [0.05, 0.1) is 6.61 Å². The number of nitrogens with zero attached hydrogens (tertiary/aromatic N) is 1. The van der Waals surface area contributed by atoms with Gasteiger partial charge in [-0.2, -0.15) is 0 Å². The van der Waals surface area contributed by atoms with E-state index in [1.54, 1.807) is 0 Å². The predicted octanol–water partition coefficient (Wildman–Crippen LogP) is 3.87. The summed E-state index contributed by atoms with van der Waals surface area (Å²) < 4.78 is 5.87. The quantitative estimate of drug-likeness (QED) is 0.528. The van der Waals surface area contributed by atoms with Crippen LogP contribution in [0.15, 0.2) is 54.6 Å². The van der Waals surface area contributed by atoms with Gasteiger partial charge in [-0.1, -0.05) is 56.3 Å². The average Bonchev–Trinajstić information content (AvgIpc) is 2.66. The van der Waals surface area contributed by atoms with Crippen LogP contribution in [0.2, 0.25) is 0 Å². The van der Waals surface area contributed by atoms with Crippen LogP contribution in [0.4, 0.5) is 0 Å². The number of carboxylic acids is 2. The van der Waals surface area contributed by atoms with Gasteiger partial charge in [-0.3, -0.25) is 0 Å². The van der Waals surface area contributed by atoms with E-state index in [1.165, 1.54) is 11.1 Å². The summed E-state index contributed by atoms with van der Waals surface area (Å²) in [5, 5.41) is 14.8. The van der Waals surface area contributed by atoms with Gasteiger partial charge in [0.25, 0.3) is 0 Å². The van der Waals surface area contributed by atoms with E-state index < -0.39 is 11.9 Å². The highest BCUT2D eigenvalue weighted by molar-refractivity contribution is 6.27. The topological polar surface area (TPSA) is 87.1 Å². The van der Waals surface area contributed by atoms with Crippen LogP contribution in [0.3, 0.4) is 0 Å². The summed E-state index contributed by atoms with van der Waals surface area (Å²) in [6.07, 6.45) is 1.04. The molecule has 0 bridgehead atoms. The number of carboxylic acid groups (broad SMARTS) is 2. The normalized spacial score (nSPS) is 10.3. The second-order valence-corrected chi connectivity index (χ2v) is 6.76. The molecule has 152 valence electrons. The lowest BCUT2D eigenvalue weighted by Gasteiger charge is -2.17. The van der Waals surface area contributed by atoms with Gasteiger partial charge in [-0.25, -0.2) is 9.59 Å². The molecule has 0 radical (unpaired) electrons. The molecule has 0 atom stereocenters. The van der Waals surface area contributed by atoms with E-state index in [4.69, 9.17) is 24.5 Å². The summed E-state index contributed by atoms with van der Waals surface area (Å²) in [6.45, 7) is 7.21. The van der Waals surface area contributed by atoms with Crippen molar-refractivity contribution in [3.63, 3.8) is 0 Å². The molecule has 0 aliphatic carbocycles. The maximum atomic E-state index is 9.10. The maximum absolute atomic E-state index is 9.10. The van der Waals surface area contributed by atoms with Gasteiger partial charge in [-0.05, 0) is 42.6 Å². The zero-order valence-electron chi connectivity index (χ0n) is 16.7. The fourth-order valence-electron chi connectivity index (χ4n) is 2.46. The molecule has 2 N–H and O–H groups in total. The Balaban J connectivity index is 0.000000568. The van der Waals surface area contributed by atoms with Crippen molar-refractivity contribution in [1.82, 2.24) is 4.90 Å². The van der Waals surface area contributed by atoms with Crippen molar-refractivity contribution in [2.45, 2.75) is 32.7 Å². The summed E-state index contributed by atoms with van der Waals surface area (Å²) in [5.74, 6) is -2.12. The van der Waals surface area contributed by atoms with Crippen LogP contribution in [0.1, 0.15) is 37.3 Å². The van der Waals surface area contributed by atoms with Crippen molar-refractivity contribution in [3.8, 4) is 5.75 Å². The highest BCUT2D eigenvalue weighted by Gasteiger charge is 2.04. The van der Waals surface area contributed by atoms with E-state index in [0.29, 0.717) is 5.92 Å². The first-order chi connectivity index (χ1) is 13.3. The SMILES string of the molecule is CC(C)c1cccc(OCCCN(C)Cc2ccccc2)c1.O=C(O)C(=O)O. The molecule has 2 rings (SSSR count). The molecule has 0 spiro atoms. The van der Waals surface area contributed by atoms with Gasteiger partial charge in [0.15, 0.2) is 0 Å². The summed E-state index contributed by atoms with van der Waals surface area (Å²) in [4.78, 5) is 20.5. The van der Waals surface area contributed by atoms with Gasteiger partial charge in [-0.15, -0.1) is 0 Å². The van der Waals surface area contributed by atoms with Crippen molar-refractivity contribution in [2.75, 3.05) is 20.2 Å². The van der Waals surface area contributed by atoms with Crippen LogP contribution in [-0.4, -0.2) is 47.3 Å². The highest BCUT2D eigenvalue weighted by Crippen LogP contribution is 2.20. The third-order valence-electron chi connectivity index (χ3n) is 3.96. The molecular formula is C22H29NO5. The molecule has 0 saturated heterocycles. The molecule has 6 heteroatoms. The molecule has 2 aromatic rings. The first kappa shape index (κ1) is 23.2. The van der Waals surface area contributed by atoms with E-state index in [9.17, 15) is 0 Å².